The molecule has 0 spiro atoms. The molecule has 0 atom stereocenters. The lowest BCUT2D eigenvalue weighted by Crippen LogP contribution is -2.11. The molecule has 108 valence electrons. The van der Waals surface area contributed by atoms with Crippen LogP contribution in [0, 0.1) is 0 Å². The first-order chi connectivity index (χ1) is 10.1. The molecule has 0 amide bonds. The number of thiophene rings is 2. The monoisotopic (exact) mass is 320 g/mol. The lowest BCUT2D eigenvalue weighted by atomic mass is 10.2. The number of nitrogens with one attached hydrogen (secondary N) is 1. The van der Waals surface area contributed by atoms with Crippen LogP contribution in [0.5, 0.6) is 0 Å². The Balaban J connectivity index is 1.95. The van der Waals surface area contributed by atoms with Gasteiger partial charge in [0.2, 0.25) is 0 Å². The third kappa shape index (κ3) is 2.88. The minimum Gasteiger partial charge on any atom is -0.481 e. The van der Waals surface area contributed by atoms with Gasteiger partial charge >= 0.3 is 5.97 Å². The molecule has 2 N–H and O–H groups in total. The highest BCUT2D eigenvalue weighted by molar-refractivity contribution is 7.18. The molecule has 3 aromatic rings. The first-order valence-corrected chi connectivity index (χ1v) is 8.17. The molecule has 0 aliphatic carbocycles. The van der Waals surface area contributed by atoms with E-state index < -0.39 is 5.97 Å². The van der Waals surface area contributed by atoms with Crippen molar-refractivity contribution in [2.24, 2.45) is 0 Å². The molecule has 0 unspecified atom stereocenters. The minimum absolute atomic E-state index is 0.0760. The summed E-state index contributed by atoms with van der Waals surface area (Å²) in [6, 6.07) is 3.93. The van der Waals surface area contributed by atoms with Crippen molar-refractivity contribution in [1.82, 2.24) is 9.97 Å². The smallest absolute Gasteiger partial charge is 0.303 e. The summed E-state index contributed by atoms with van der Waals surface area (Å²) in [7, 11) is 0. The average Bonchev–Trinajstić information content (AvgIpc) is 3.06. The quantitative estimate of drug-likeness (QED) is 0.756. The van der Waals surface area contributed by atoms with Crippen molar-refractivity contribution in [3.8, 4) is 10.4 Å². The molecule has 7 heteroatoms. The van der Waals surface area contributed by atoms with E-state index in [0.29, 0.717) is 28.9 Å². The Morgan fingerprint density at radius 2 is 2.24 bits per heavy atom. The van der Waals surface area contributed by atoms with Gasteiger partial charge in [0.15, 0.2) is 0 Å². The number of aliphatic carboxylic acids is 1. The molecule has 0 saturated heterocycles. The van der Waals surface area contributed by atoms with E-state index in [-0.39, 0.29) is 12.0 Å². The molecule has 5 nitrogen and oxygen atoms in total. The van der Waals surface area contributed by atoms with Gasteiger partial charge in [-0.05, 0) is 17.9 Å². The number of aryl methyl sites for hydroxylation is 1. The molecule has 0 radical (unpaired) electrons. The van der Waals surface area contributed by atoms with E-state index in [9.17, 15) is 9.59 Å². The molecule has 0 aliphatic rings. The Labute approximate surface area is 127 Å². The van der Waals surface area contributed by atoms with Gasteiger partial charge < -0.3 is 10.1 Å². The first kappa shape index (κ1) is 14.0. The van der Waals surface area contributed by atoms with E-state index in [0.717, 1.165) is 10.4 Å². The van der Waals surface area contributed by atoms with Crippen LogP contribution in [0.4, 0.5) is 0 Å². The number of H-pyrrole nitrogens is 1. The second kappa shape index (κ2) is 5.79. The van der Waals surface area contributed by atoms with Gasteiger partial charge in [0.1, 0.15) is 10.7 Å². The van der Waals surface area contributed by atoms with Crippen molar-refractivity contribution in [3.63, 3.8) is 0 Å². The summed E-state index contributed by atoms with van der Waals surface area (Å²) < 4.78 is 0. The summed E-state index contributed by atoms with van der Waals surface area (Å²) >= 11 is 3.03. The van der Waals surface area contributed by atoms with E-state index in [2.05, 4.69) is 9.97 Å². The number of nitrogens with zero attached hydrogens (tertiary/aromatic N) is 1. The second-order valence-corrected chi connectivity index (χ2v) is 6.37. The summed E-state index contributed by atoms with van der Waals surface area (Å²) in [5, 5.41) is 13.2. The molecule has 3 rings (SSSR count). The Morgan fingerprint density at radius 3 is 2.95 bits per heavy atom. The Kier molecular flexibility index (Phi) is 3.85. The van der Waals surface area contributed by atoms with Gasteiger partial charge in [0.25, 0.3) is 5.56 Å². The van der Waals surface area contributed by atoms with Crippen molar-refractivity contribution in [2.75, 3.05) is 0 Å². The van der Waals surface area contributed by atoms with Crippen molar-refractivity contribution in [1.29, 1.82) is 0 Å². The first-order valence-electron chi connectivity index (χ1n) is 6.41. The number of hydrogen-bond donors (Lipinski definition) is 2. The van der Waals surface area contributed by atoms with Gasteiger partial charge in [0, 0.05) is 28.7 Å². The summed E-state index contributed by atoms with van der Waals surface area (Å²) in [5.41, 5.74) is 0.755. The van der Waals surface area contributed by atoms with E-state index in [1.807, 2.05) is 22.9 Å². The van der Waals surface area contributed by atoms with Crippen LogP contribution in [0.25, 0.3) is 20.7 Å². The largest absolute Gasteiger partial charge is 0.481 e. The van der Waals surface area contributed by atoms with Crippen molar-refractivity contribution < 1.29 is 9.90 Å². The number of fused-ring (bicyclic) bond motifs is 1. The Hall–Kier alpha value is -1.99. The third-order valence-electron chi connectivity index (χ3n) is 3.08. The number of hydrogen-bond acceptors (Lipinski definition) is 5. The fourth-order valence-corrected chi connectivity index (χ4v) is 3.91. The van der Waals surface area contributed by atoms with E-state index in [4.69, 9.17) is 5.11 Å². The topological polar surface area (TPSA) is 83.0 Å². The summed E-state index contributed by atoms with van der Waals surface area (Å²) in [6.07, 6.45) is 1.00. The number of aromatic nitrogens is 2. The zero-order chi connectivity index (χ0) is 14.8. The number of carboxylic acids is 1. The Bertz CT molecular complexity index is 834. The van der Waals surface area contributed by atoms with Gasteiger partial charge in [-0.3, -0.25) is 9.59 Å². The normalized spacial score (nSPS) is 11.0. The van der Waals surface area contributed by atoms with Gasteiger partial charge in [-0.15, -0.1) is 22.7 Å². The van der Waals surface area contributed by atoms with E-state index in [1.165, 1.54) is 11.3 Å². The lowest BCUT2D eigenvalue weighted by Gasteiger charge is -2.00. The minimum atomic E-state index is -0.838. The van der Waals surface area contributed by atoms with E-state index in [1.54, 1.807) is 11.3 Å². The number of carboxylic acid groups (broad SMARTS) is 1. The van der Waals surface area contributed by atoms with Crippen LogP contribution in [0.1, 0.15) is 18.7 Å². The van der Waals surface area contributed by atoms with Gasteiger partial charge in [0.05, 0.1) is 5.39 Å². The highest BCUT2D eigenvalue weighted by atomic mass is 32.1. The molecule has 21 heavy (non-hydrogen) atoms. The molecule has 3 heterocycles. The second-order valence-electron chi connectivity index (χ2n) is 4.57. The zero-order valence-electron chi connectivity index (χ0n) is 11.0. The van der Waals surface area contributed by atoms with Crippen LogP contribution < -0.4 is 5.56 Å². The summed E-state index contributed by atoms with van der Waals surface area (Å²) in [5.74, 6) is -0.289. The molecule has 0 aromatic carbocycles. The average molecular weight is 320 g/mol. The highest BCUT2D eigenvalue weighted by Gasteiger charge is 2.13. The van der Waals surface area contributed by atoms with Crippen molar-refractivity contribution in [3.05, 3.63) is 39.1 Å². The van der Waals surface area contributed by atoms with Crippen LogP contribution in [0.3, 0.4) is 0 Å². The standard InChI is InChI=1S/C14H12N2O3S2/c17-11(18)5-1-4-10-15-13(19)12-8(7-21-14(12)16-10)9-3-2-6-20-9/h2-3,6-7H,1,4-5H2,(H,17,18)(H,15,16,19). The third-order valence-corrected chi connectivity index (χ3v) is 4.86. The van der Waals surface area contributed by atoms with Crippen molar-refractivity contribution >= 4 is 38.9 Å². The summed E-state index contributed by atoms with van der Waals surface area (Å²) in [4.78, 5) is 31.7. The Morgan fingerprint density at radius 1 is 1.38 bits per heavy atom. The van der Waals surface area contributed by atoms with Crippen LogP contribution in [0.15, 0.2) is 27.7 Å². The van der Waals surface area contributed by atoms with Gasteiger partial charge in [-0.2, -0.15) is 0 Å². The number of carbonyl (C=O) groups is 1. The van der Waals surface area contributed by atoms with Gasteiger partial charge in [-0.25, -0.2) is 4.98 Å². The molecule has 0 saturated carbocycles. The molecule has 0 bridgehead atoms. The molecule has 3 aromatic heterocycles. The SMILES string of the molecule is O=C(O)CCCc1nc2scc(-c3cccs3)c2c(=O)[nH]1. The van der Waals surface area contributed by atoms with Crippen molar-refractivity contribution in [2.45, 2.75) is 19.3 Å². The molecular weight excluding hydrogens is 308 g/mol. The maximum absolute atomic E-state index is 12.3. The maximum atomic E-state index is 12.3. The summed E-state index contributed by atoms with van der Waals surface area (Å²) in [6.45, 7) is 0. The fourth-order valence-electron chi connectivity index (χ4n) is 2.13. The van der Waals surface area contributed by atoms with Crippen LogP contribution in [-0.4, -0.2) is 21.0 Å². The predicted octanol–water partition coefficient (Wildman–Crippen LogP) is 3.12. The number of aromatic amines is 1. The zero-order valence-corrected chi connectivity index (χ0v) is 12.6. The highest BCUT2D eigenvalue weighted by Crippen LogP contribution is 2.33. The lowest BCUT2D eigenvalue weighted by molar-refractivity contribution is -0.137. The maximum Gasteiger partial charge on any atom is 0.303 e. The fraction of sp³-hybridized carbons (Fsp3) is 0.214. The predicted molar refractivity (Wildman–Crippen MR) is 84.1 cm³/mol. The number of rotatable bonds is 5. The van der Waals surface area contributed by atoms with Crippen LogP contribution in [0.2, 0.25) is 0 Å². The molecule has 0 aliphatic heterocycles. The van der Waals surface area contributed by atoms with Crippen LogP contribution in [-0.2, 0) is 11.2 Å². The molecular formula is C14H12N2O3S2. The van der Waals surface area contributed by atoms with E-state index >= 15 is 0 Å². The van der Waals surface area contributed by atoms with Crippen LogP contribution >= 0.6 is 22.7 Å². The van der Waals surface area contributed by atoms with Gasteiger partial charge in [-0.1, -0.05) is 6.07 Å². The molecule has 0 fully saturated rings.